The molecule has 4 aromatic rings. The molecule has 31 heavy (non-hydrogen) atoms. The van der Waals surface area contributed by atoms with Crippen LogP contribution in [-0.2, 0) is 0 Å². The number of benzene rings is 2. The van der Waals surface area contributed by atoms with Crippen LogP contribution >= 0.6 is 11.3 Å². The second-order valence-electron chi connectivity index (χ2n) is 7.48. The molecule has 2 aromatic carbocycles. The van der Waals surface area contributed by atoms with E-state index in [0.717, 1.165) is 23.3 Å². The first-order chi connectivity index (χ1) is 15.1. The normalized spacial score (nSPS) is 15.5. The first-order valence-corrected chi connectivity index (χ1v) is 11.0. The first kappa shape index (κ1) is 19.5. The number of nitrogens with zero attached hydrogens (tertiary/aromatic N) is 2. The van der Waals surface area contributed by atoms with E-state index in [1.807, 2.05) is 44.2 Å². The number of amides is 1. The van der Waals surface area contributed by atoms with Crippen molar-refractivity contribution in [2.45, 2.75) is 26.3 Å². The van der Waals surface area contributed by atoms with Crippen molar-refractivity contribution in [1.29, 1.82) is 0 Å². The van der Waals surface area contributed by atoms with Gasteiger partial charge in [0.15, 0.2) is 10.6 Å². The summed E-state index contributed by atoms with van der Waals surface area (Å²) in [6.45, 7) is 4.60. The molecule has 0 spiro atoms. The van der Waals surface area contributed by atoms with Crippen LogP contribution in [0.2, 0.25) is 0 Å². The van der Waals surface area contributed by atoms with E-state index in [9.17, 15) is 9.59 Å². The van der Waals surface area contributed by atoms with Crippen molar-refractivity contribution in [3.05, 3.63) is 86.7 Å². The average Bonchev–Trinajstić information content (AvgIpc) is 3.40. The third kappa shape index (κ3) is 3.21. The van der Waals surface area contributed by atoms with Gasteiger partial charge in [0.2, 0.25) is 5.76 Å². The smallest absolute Gasteiger partial charge is 0.297 e. The van der Waals surface area contributed by atoms with Gasteiger partial charge in [-0.3, -0.25) is 14.5 Å². The van der Waals surface area contributed by atoms with Gasteiger partial charge in [0.05, 0.1) is 23.6 Å². The molecule has 1 atom stereocenters. The van der Waals surface area contributed by atoms with Crippen molar-refractivity contribution >= 4 is 33.3 Å². The number of rotatable bonds is 5. The lowest BCUT2D eigenvalue weighted by molar-refractivity contribution is 0.0971. The number of ether oxygens (including phenoxy) is 1. The minimum atomic E-state index is -0.616. The highest BCUT2D eigenvalue weighted by molar-refractivity contribution is 7.13. The fraction of sp³-hybridized carbons (Fsp3) is 0.208. The van der Waals surface area contributed by atoms with E-state index in [1.165, 1.54) is 11.3 Å². The van der Waals surface area contributed by atoms with Crippen LogP contribution in [0, 0.1) is 6.92 Å². The molecule has 5 rings (SSSR count). The van der Waals surface area contributed by atoms with E-state index in [2.05, 4.69) is 4.98 Å². The molecule has 0 aliphatic carbocycles. The summed E-state index contributed by atoms with van der Waals surface area (Å²) in [5.41, 5.74) is 2.32. The van der Waals surface area contributed by atoms with E-state index in [-0.39, 0.29) is 17.1 Å². The van der Waals surface area contributed by atoms with Crippen LogP contribution in [0.15, 0.2) is 63.3 Å². The Bertz CT molecular complexity index is 1330. The first-order valence-electron chi connectivity index (χ1n) is 10.1. The Morgan fingerprint density at radius 3 is 2.68 bits per heavy atom. The summed E-state index contributed by atoms with van der Waals surface area (Å²) < 4.78 is 11.7. The van der Waals surface area contributed by atoms with Crippen molar-refractivity contribution < 1.29 is 13.9 Å². The Labute approximate surface area is 182 Å². The molecule has 0 saturated carbocycles. The Morgan fingerprint density at radius 2 is 1.97 bits per heavy atom. The maximum absolute atomic E-state index is 13.5. The lowest BCUT2D eigenvalue weighted by Crippen LogP contribution is -2.29. The molecule has 0 fully saturated rings. The number of aromatic nitrogens is 1. The van der Waals surface area contributed by atoms with Crippen LogP contribution < -0.4 is 15.1 Å². The van der Waals surface area contributed by atoms with Gasteiger partial charge in [-0.2, -0.15) is 0 Å². The molecule has 2 aromatic heterocycles. The maximum Gasteiger partial charge on any atom is 0.297 e. The highest BCUT2D eigenvalue weighted by Gasteiger charge is 2.44. The zero-order valence-corrected chi connectivity index (χ0v) is 17.9. The van der Waals surface area contributed by atoms with Gasteiger partial charge in [0.25, 0.3) is 5.91 Å². The average molecular weight is 433 g/mol. The summed E-state index contributed by atoms with van der Waals surface area (Å²) in [5.74, 6) is 0.464. The summed E-state index contributed by atoms with van der Waals surface area (Å²) in [7, 11) is 0. The number of hydrogen-bond donors (Lipinski definition) is 0. The predicted molar refractivity (Wildman–Crippen MR) is 120 cm³/mol. The molecule has 1 aliphatic heterocycles. The quantitative estimate of drug-likeness (QED) is 0.439. The fourth-order valence-corrected chi connectivity index (χ4v) is 4.57. The van der Waals surface area contributed by atoms with Gasteiger partial charge in [-0.25, -0.2) is 4.98 Å². The largest absolute Gasteiger partial charge is 0.494 e. The van der Waals surface area contributed by atoms with Gasteiger partial charge in [-0.1, -0.05) is 30.7 Å². The van der Waals surface area contributed by atoms with Gasteiger partial charge < -0.3 is 9.15 Å². The number of hydrogen-bond acceptors (Lipinski definition) is 6. The van der Waals surface area contributed by atoms with Crippen LogP contribution in [-0.4, -0.2) is 17.5 Å². The zero-order chi connectivity index (χ0) is 21.5. The molecule has 0 N–H and O–H groups in total. The summed E-state index contributed by atoms with van der Waals surface area (Å²) >= 11 is 1.35. The van der Waals surface area contributed by atoms with E-state index in [4.69, 9.17) is 9.15 Å². The summed E-state index contributed by atoms with van der Waals surface area (Å²) in [4.78, 5) is 32.8. The third-order valence-corrected chi connectivity index (χ3v) is 6.09. The molecule has 156 valence electrons. The van der Waals surface area contributed by atoms with Crippen molar-refractivity contribution in [3.8, 4) is 5.75 Å². The standard InChI is InChI=1S/C24H20N2O4S/c1-3-11-29-16-7-5-15(6-8-16)20-19-21(27)17-13-14(2)4-9-18(17)30-22(19)23(28)26(20)24-25-10-12-31-24/h4-10,12-13,20H,3,11H2,1-2H3/t20-/m1/s1. The minimum absolute atomic E-state index is 0.0767. The number of carbonyl (C=O) groups is 1. The van der Waals surface area contributed by atoms with Gasteiger partial charge in [-0.05, 0) is 43.2 Å². The zero-order valence-electron chi connectivity index (χ0n) is 17.1. The number of carbonyl (C=O) groups excluding carboxylic acids is 1. The predicted octanol–water partition coefficient (Wildman–Crippen LogP) is 5.10. The van der Waals surface area contributed by atoms with Crippen LogP contribution in [0.25, 0.3) is 11.0 Å². The Morgan fingerprint density at radius 1 is 1.16 bits per heavy atom. The highest BCUT2D eigenvalue weighted by Crippen LogP contribution is 2.42. The van der Waals surface area contributed by atoms with E-state index in [1.54, 1.807) is 28.6 Å². The Kier molecular flexibility index (Phi) is 4.82. The minimum Gasteiger partial charge on any atom is -0.494 e. The molecule has 1 amide bonds. The summed E-state index contributed by atoms with van der Waals surface area (Å²) in [6, 6.07) is 12.3. The molecule has 6 nitrogen and oxygen atoms in total. The second kappa shape index (κ2) is 7.67. The van der Waals surface area contributed by atoms with Crippen molar-refractivity contribution in [2.75, 3.05) is 11.5 Å². The molecule has 0 radical (unpaired) electrons. The second-order valence-corrected chi connectivity index (χ2v) is 8.36. The number of anilines is 1. The number of fused-ring (bicyclic) bond motifs is 2. The van der Waals surface area contributed by atoms with Crippen molar-refractivity contribution in [3.63, 3.8) is 0 Å². The van der Waals surface area contributed by atoms with Crippen LogP contribution in [0.3, 0.4) is 0 Å². The molecular weight excluding hydrogens is 412 g/mol. The number of aryl methyl sites for hydroxylation is 1. The summed E-state index contributed by atoms with van der Waals surface area (Å²) in [6.07, 6.45) is 2.56. The maximum atomic E-state index is 13.5. The van der Waals surface area contributed by atoms with Crippen molar-refractivity contribution in [1.82, 2.24) is 4.98 Å². The monoisotopic (exact) mass is 432 g/mol. The van der Waals surface area contributed by atoms with Crippen LogP contribution in [0.5, 0.6) is 5.75 Å². The molecular formula is C24H20N2O4S. The van der Waals surface area contributed by atoms with Gasteiger partial charge in [0, 0.05) is 11.6 Å². The lowest BCUT2D eigenvalue weighted by atomic mass is 9.98. The van der Waals surface area contributed by atoms with Crippen LogP contribution in [0.1, 0.15) is 46.6 Å². The Hall–Kier alpha value is -3.45. The van der Waals surface area contributed by atoms with Gasteiger partial charge >= 0.3 is 0 Å². The molecule has 0 unspecified atom stereocenters. The van der Waals surface area contributed by atoms with Gasteiger partial charge in [0.1, 0.15) is 11.3 Å². The SMILES string of the molecule is CCCOc1ccc([C@@H]2c3c(oc4ccc(C)cc4c3=O)C(=O)N2c2nccs2)cc1. The Balaban J connectivity index is 1.71. The van der Waals surface area contributed by atoms with E-state index < -0.39 is 6.04 Å². The summed E-state index contributed by atoms with van der Waals surface area (Å²) in [5, 5.41) is 2.80. The third-order valence-electron chi connectivity index (χ3n) is 5.32. The molecule has 7 heteroatoms. The van der Waals surface area contributed by atoms with Gasteiger partial charge in [-0.15, -0.1) is 11.3 Å². The molecule has 1 aliphatic rings. The number of thiazole rings is 1. The van der Waals surface area contributed by atoms with E-state index in [0.29, 0.717) is 28.3 Å². The molecule has 0 bridgehead atoms. The van der Waals surface area contributed by atoms with Crippen LogP contribution in [0.4, 0.5) is 5.13 Å². The van der Waals surface area contributed by atoms with E-state index >= 15 is 0 Å². The van der Waals surface area contributed by atoms with Crippen molar-refractivity contribution in [2.24, 2.45) is 0 Å². The molecule has 0 saturated heterocycles. The highest BCUT2D eigenvalue weighted by atomic mass is 32.1. The molecule has 3 heterocycles. The fourth-order valence-electron chi connectivity index (χ4n) is 3.90. The topological polar surface area (TPSA) is 72.6 Å². The lowest BCUT2D eigenvalue weighted by Gasteiger charge is -2.22.